The van der Waals surface area contributed by atoms with Crippen LogP contribution in [-0.2, 0) is 0 Å². The van der Waals surface area contributed by atoms with Gasteiger partial charge in [0.15, 0.2) is 0 Å². The normalized spacial score (nSPS) is 9.33. The molecule has 9 heavy (non-hydrogen) atoms. The first-order valence-electron chi connectivity index (χ1n) is 2.12. The highest BCUT2D eigenvalue weighted by molar-refractivity contribution is 4.76. The Kier molecular flexibility index (Phi) is 1.07. The van der Waals surface area contributed by atoms with Gasteiger partial charge < -0.3 is 10.1 Å². The molecule has 0 fully saturated rings. The van der Waals surface area contributed by atoms with E-state index < -0.39 is 10.6 Å². The molecule has 0 saturated carbocycles. The van der Waals surface area contributed by atoms with Crippen LogP contribution in [0.4, 0.5) is 0 Å². The lowest BCUT2D eigenvalue weighted by molar-refractivity contribution is -0.553. The van der Waals surface area contributed by atoms with Crippen LogP contribution >= 0.6 is 0 Å². The van der Waals surface area contributed by atoms with Crippen LogP contribution in [-0.4, -0.2) is 14.9 Å². The van der Waals surface area contributed by atoms with Gasteiger partial charge in [0.1, 0.15) is 0 Å². The SMILES string of the molecule is O=c1ccn([N+](=O)[O-])[nH]1. The second-order valence-corrected chi connectivity index (χ2v) is 1.37. The van der Waals surface area contributed by atoms with Crippen molar-refractivity contribution in [1.29, 1.82) is 0 Å². The lowest BCUT2D eigenvalue weighted by Gasteiger charge is -1.88. The molecule has 0 aromatic carbocycles. The minimum Gasteiger partial charge on any atom is -0.339 e. The van der Waals surface area contributed by atoms with E-state index in [0.717, 1.165) is 12.3 Å². The lowest BCUT2D eigenvalue weighted by atomic mass is 10.7. The summed E-state index contributed by atoms with van der Waals surface area (Å²) in [6.07, 6.45) is 1.04. The van der Waals surface area contributed by atoms with Crippen LogP contribution in [0.1, 0.15) is 0 Å². The van der Waals surface area contributed by atoms with Gasteiger partial charge in [0.2, 0.25) is 0 Å². The first-order chi connectivity index (χ1) is 4.20. The van der Waals surface area contributed by atoms with Gasteiger partial charge >= 0.3 is 5.56 Å². The first-order valence-corrected chi connectivity index (χ1v) is 2.12. The van der Waals surface area contributed by atoms with Crippen molar-refractivity contribution in [3.63, 3.8) is 0 Å². The molecule has 1 rings (SSSR count). The zero-order chi connectivity index (χ0) is 6.85. The van der Waals surface area contributed by atoms with Gasteiger partial charge in [-0.05, 0) is 4.79 Å². The molecule has 48 valence electrons. The molecule has 0 aliphatic rings. The Morgan fingerprint density at radius 3 is 2.67 bits per heavy atom. The number of aromatic nitrogens is 2. The van der Waals surface area contributed by atoms with Gasteiger partial charge in [-0.2, -0.15) is 0 Å². The number of nitro groups is 1. The van der Waals surface area contributed by atoms with E-state index in [1.54, 1.807) is 0 Å². The molecule has 0 unspecified atom stereocenters. The van der Waals surface area contributed by atoms with Gasteiger partial charge in [-0.3, -0.25) is 0 Å². The summed E-state index contributed by atoms with van der Waals surface area (Å²) in [4.78, 5) is 20.5. The van der Waals surface area contributed by atoms with E-state index in [0.29, 0.717) is 4.79 Å². The third kappa shape index (κ3) is 0.958. The minimum absolute atomic E-state index is 0.480. The van der Waals surface area contributed by atoms with E-state index in [2.05, 4.69) is 0 Å². The molecule has 0 aliphatic heterocycles. The van der Waals surface area contributed by atoms with E-state index in [1.165, 1.54) is 0 Å². The topological polar surface area (TPSA) is 80.9 Å². The van der Waals surface area contributed by atoms with Crippen LogP contribution in [0, 0.1) is 10.1 Å². The summed E-state index contributed by atoms with van der Waals surface area (Å²) in [5, 5.41) is 11.0. The average Bonchev–Trinajstić information content (AvgIpc) is 2.14. The Bertz CT molecular complexity index is 272. The highest BCUT2D eigenvalue weighted by Crippen LogP contribution is 1.73. The predicted molar refractivity (Wildman–Crippen MR) is 27.4 cm³/mol. The van der Waals surface area contributed by atoms with Gasteiger partial charge in [-0.15, -0.1) is 5.10 Å². The fourth-order valence-electron chi connectivity index (χ4n) is 0.421. The molecule has 1 aromatic rings. The summed E-state index contributed by atoms with van der Waals surface area (Å²) in [5.41, 5.74) is -0.480. The maximum absolute atomic E-state index is 10.2. The predicted octanol–water partition coefficient (Wildman–Crippen LogP) is -0.784. The molecule has 0 amide bonds. The van der Waals surface area contributed by atoms with Crippen LogP contribution in [0.2, 0.25) is 0 Å². The van der Waals surface area contributed by atoms with Crippen LogP contribution < -0.4 is 5.56 Å². The maximum Gasteiger partial charge on any atom is 0.351 e. The number of hydrogen-bond acceptors (Lipinski definition) is 3. The molecule has 0 bridgehead atoms. The summed E-state index contributed by atoms with van der Waals surface area (Å²) < 4.78 is 0. The summed E-state index contributed by atoms with van der Waals surface area (Å²) in [7, 11) is 0. The zero-order valence-electron chi connectivity index (χ0n) is 4.27. The molecular formula is C3H3N3O3. The number of aromatic amines is 1. The van der Waals surface area contributed by atoms with E-state index in [9.17, 15) is 14.9 Å². The Labute approximate surface area is 48.8 Å². The molecule has 0 saturated heterocycles. The standard InChI is InChI=1S/C3H3N3O3/c7-3-1-2-5(4-3)6(8)9/h1-2H,(H,4,7). The summed E-state index contributed by atoms with van der Waals surface area (Å²) >= 11 is 0. The van der Waals surface area contributed by atoms with E-state index in [4.69, 9.17) is 0 Å². The molecule has 1 heterocycles. The van der Waals surface area contributed by atoms with Crippen molar-refractivity contribution in [2.45, 2.75) is 0 Å². The first kappa shape index (κ1) is 5.54. The number of nitrogens with zero attached hydrogens (tertiary/aromatic N) is 2. The quantitative estimate of drug-likeness (QED) is 0.398. The maximum atomic E-state index is 10.2. The molecule has 0 atom stereocenters. The van der Waals surface area contributed by atoms with E-state index in [-0.39, 0.29) is 0 Å². The molecular weight excluding hydrogens is 126 g/mol. The summed E-state index contributed by atoms with van der Waals surface area (Å²) in [5.74, 6) is 0. The van der Waals surface area contributed by atoms with Crippen molar-refractivity contribution in [2.24, 2.45) is 0 Å². The van der Waals surface area contributed by atoms with E-state index >= 15 is 0 Å². The fourth-order valence-corrected chi connectivity index (χ4v) is 0.421. The van der Waals surface area contributed by atoms with Crippen LogP contribution in [0.3, 0.4) is 0 Å². The summed E-state index contributed by atoms with van der Waals surface area (Å²) in [6, 6.07) is 1.07. The fraction of sp³-hybridized carbons (Fsp3) is 0. The second kappa shape index (κ2) is 1.73. The minimum atomic E-state index is -0.735. The van der Waals surface area contributed by atoms with Crippen molar-refractivity contribution >= 4 is 0 Å². The van der Waals surface area contributed by atoms with Crippen LogP contribution in [0.25, 0.3) is 0 Å². The number of H-pyrrole nitrogens is 1. The van der Waals surface area contributed by atoms with Crippen molar-refractivity contribution in [2.75, 3.05) is 0 Å². The smallest absolute Gasteiger partial charge is 0.339 e. The van der Waals surface area contributed by atoms with Gasteiger partial charge in [0, 0.05) is 0 Å². The molecule has 1 aromatic heterocycles. The van der Waals surface area contributed by atoms with Crippen molar-refractivity contribution in [3.05, 3.63) is 32.7 Å². The molecule has 6 nitrogen and oxygen atoms in total. The molecule has 1 N–H and O–H groups in total. The number of rotatable bonds is 1. The molecule has 0 radical (unpaired) electrons. The Balaban J connectivity index is 3.12. The van der Waals surface area contributed by atoms with Gasteiger partial charge in [-0.25, -0.2) is 4.79 Å². The third-order valence-corrected chi connectivity index (χ3v) is 0.768. The zero-order valence-corrected chi connectivity index (χ0v) is 4.27. The average molecular weight is 129 g/mol. The monoisotopic (exact) mass is 129 g/mol. The third-order valence-electron chi connectivity index (χ3n) is 0.768. The van der Waals surface area contributed by atoms with Crippen molar-refractivity contribution < 1.29 is 5.03 Å². The number of nitrogens with one attached hydrogen (secondary N) is 1. The highest BCUT2D eigenvalue weighted by Gasteiger charge is 1.96. The van der Waals surface area contributed by atoms with Crippen molar-refractivity contribution in [1.82, 2.24) is 9.89 Å². The molecule has 0 spiro atoms. The summed E-state index contributed by atoms with van der Waals surface area (Å²) in [6.45, 7) is 0. The Hall–Kier alpha value is -1.59. The molecule has 6 heteroatoms. The Morgan fingerprint density at radius 2 is 2.44 bits per heavy atom. The Morgan fingerprint density at radius 1 is 1.78 bits per heavy atom. The largest absolute Gasteiger partial charge is 0.351 e. The van der Waals surface area contributed by atoms with E-state index in [1.807, 2.05) is 5.10 Å². The molecule has 0 aliphatic carbocycles. The highest BCUT2D eigenvalue weighted by atomic mass is 16.7. The number of hydrogen-bond donors (Lipinski definition) is 1. The van der Waals surface area contributed by atoms with Crippen LogP contribution in [0.15, 0.2) is 17.1 Å². The van der Waals surface area contributed by atoms with Gasteiger partial charge in [-0.1, -0.05) is 0 Å². The second-order valence-electron chi connectivity index (χ2n) is 1.37. The van der Waals surface area contributed by atoms with Crippen molar-refractivity contribution in [3.8, 4) is 0 Å². The van der Waals surface area contributed by atoms with Gasteiger partial charge in [0.25, 0.3) is 0 Å². The lowest BCUT2D eigenvalue weighted by Crippen LogP contribution is -2.12. The van der Waals surface area contributed by atoms with Crippen LogP contribution in [0.5, 0.6) is 0 Å². The van der Waals surface area contributed by atoms with Gasteiger partial charge in [0.05, 0.1) is 17.3 Å².